The van der Waals surface area contributed by atoms with Crippen molar-refractivity contribution >= 4 is 5.91 Å². The van der Waals surface area contributed by atoms with Gasteiger partial charge in [0.2, 0.25) is 5.91 Å². The lowest BCUT2D eigenvalue weighted by atomic mass is 10.1. The standard InChI is InChI=1S/C15H24N2O/c1-4-17(5-2)11-10-16-15(18)12-14-9-7-6-8-13(14)3/h6-9H,4-5,10-12H2,1-3H3,(H,16,18). The van der Waals surface area contributed by atoms with Crippen molar-refractivity contribution < 1.29 is 4.79 Å². The van der Waals surface area contributed by atoms with E-state index in [4.69, 9.17) is 0 Å². The highest BCUT2D eigenvalue weighted by Gasteiger charge is 2.05. The van der Waals surface area contributed by atoms with Gasteiger partial charge in [-0.15, -0.1) is 0 Å². The van der Waals surface area contributed by atoms with Crippen LogP contribution in [0.2, 0.25) is 0 Å². The Balaban J connectivity index is 2.32. The van der Waals surface area contributed by atoms with E-state index in [9.17, 15) is 4.79 Å². The minimum Gasteiger partial charge on any atom is -0.355 e. The van der Waals surface area contributed by atoms with Crippen molar-refractivity contribution in [3.05, 3.63) is 35.4 Å². The smallest absolute Gasteiger partial charge is 0.224 e. The minimum absolute atomic E-state index is 0.108. The molecular formula is C15H24N2O. The van der Waals surface area contributed by atoms with Crippen LogP contribution in [0.15, 0.2) is 24.3 Å². The van der Waals surface area contributed by atoms with E-state index in [0.29, 0.717) is 6.42 Å². The molecular weight excluding hydrogens is 224 g/mol. The molecule has 1 aromatic carbocycles. The second kappa shape index (κ2) is 7.88. The minimum atomic E-state index is 0.108. The summed E-state index contributed by atoms with van der Waals surface area (Å²) in [5, 5.41) is 2.98. The molecule has 100 valence electrons. The number of nitrogens with zero attached hydrogens (tertiary/aromatic N) is 1. The van der Waals surface area contributed by atoms with Crippen LogP contribution in [0.5, 0.6) is 0 Å². The Bertz CT molecular complexity index is 373. The summed E-state index contributed by atoms with van der Waals surface area (Å²) >= 11 is 0. The van der Waals surface area contributed by atoms with Crippen molar-refractivity contribution in [2.75, 3.05) is 26.2 Å². The summed E-state index contributed by atoms with van der Waals surface area (Å²) in [5.74, 6) is 0.108. The highest BCUT2D eigenvalue weighted by Crippen LogP contribution is 2.07. The zero-order chi connectivity index (χ0) is 13.4. The molecule has 0 radical (unpaired) electrons. The number of nitrogens with one attached hydrogen (secondary N) is 1. The van der Waals surface area contributed by atoms with Crippen LogP contribution in [0.3, 0.4) is 0 Å². The normalized spacial score (nSPS) is 10.7. The van der Waals surface area contributed by atoms with Crippen LogP contribution in [0, 0.1) is 6.92 Å². The van der Waals surface area contributed by atoms with Crippen LogP contribution in [0.25, 0.3) is 0 Å². The molecule has 0 aromatic heterocycles. The molecule has 0 heterocycles. The summed E-state index contributed by atoms with van der Waals surface area (Å²) in [6.45, 7) is 10.0. The number of carbonyl (C=O) groups is 1. The predicted octanol–water partition coefficient (Wildman–Crippen LogP) is 2.00. The van der Waals surface area contributed by atoms with E-state index in [1.807, 2.05) is 31.2 Å². The number of rotatable bonds is 7. The Kier molecular flexibility index (Phi) is 6.44. The van der Waals surface area contributed by atoms with Gasteiger partial charge >= 0.3 is 0 Å². The van der Waals surface area contributed by atoms with Gasteiger partial charge in [0, 0.05) is 13.1 Å². The lowest BCUT2D eigenvalue weighted by Gasteiger charge is -2.18. The van der Waals surface area contributed by atoms with Gasteiger partial charge in [0.1, 0.15) is 0 Å². The van der Waals surface area contributed by atoms with E-state index < -0.39 is 0 Å². The third-order valence-corrected chi connectivity index (χ3v) is 3.26. The maximum Gasteiger partial charge on any atom is 0.224 e. The molecule has 0 aliphatic heterocycles. The summed E-state index contributed by atoms with van der Waals surface area (Å²) in [5.41, 5.74) is 2.29. The summed E-state index contributed by atoms with van der Waals surface area (Å²) in [6, 6.07) is 8.03. The maximum atomic E-state index is 11.8. The first kappa shape index (κ1) is 14.7. The van der Waals surface area contributed by atoms with Crippen molar-refractivity contribution in [3.8, 4) is 0 Å². The van der Waals surface area contributed by atoms with Crippen molar-refractivity contribution in [2.45, 2.75) is 27.2 Å². The molecule has 0 bridgehead atoms. The average Bonchev–Trinajstić information content (AvgIpc) is 2.37. The molecule has 3 heteroatoms. The van der Waals surface area contributed by atoms with Crippen molar-refractivity contribution in [2.24, 2.45) is 0 Å². The number of hydrogen-bond acceptors (Lipinski definition) is 2. The maximum absolute atomic E-state index is 11.8. The fourth-order valence-corrected chi connectivity index (χ4v) is 1.94. The quantitative estimate of drug-likeness (QED) is 0.800. The van der Waals surface area contributed by atoms with Gasteiger partial charge in [0.25, 0.3) is 0 Å². The van der Waals surface area contributed by atoms with E-state index in [-0.39, 0.29) is 5.91 Å². The van der Waals surface area contributed by atoms with Gasteiger partial charge < -0.3 is 10.2 Å². The van der Waals surface area contributed by atoms with Crippen LogP contribution in [-0.4, -0.2) is 37.0 Å². The first-order valence-corrected chi connectivity index (χ1v) is 6.71. The largest absolute Gasteiger partial charge is 0.355 e. The molecule has 0 saturated carbocycles. The summed E-state index contributed by atoms with van der Waals surface area (Å²) < 4.78 is 0. The number of amides is 1. The van der Waals surface area contributed by atoms with E-state index in [1.165, 1.54) is 5.56 Å². The Morgan fingerprint density at radius 1 is 1.22 bits per heavy atom. The summed E-state index contributed by atoms with van der Waals surface area (Å²) in [6.07, 6.45) is 0.477. The Hall–Kier alpha value is -1.35. The van der Waals surface area contributed by atoms with Gasteiger partial charge in [0.05, 0.1) is 6.42 Å². The number of likely N-dealkylation sites (N-methyl/N-ethyl adjacent to an activating group) is 1. The molecule has 0 atom stereocenters. The van der Waals surface area contributed by atoms with Gasteiger partial charge in [-0.25, -0.2) is 0 Å². The summed E-state index contributed by atoms with van der Waals surface area (Å²) in [4.78, 5) is 14.1. The monoisotopic (exact) mass is 248 g/mol. The highest BCUT2D eigenvalue weighted by atomic mass is 16.1. The number of hydrogen-bond donors (Lipinski definition) is 1. The second-order valence-electron chi connectivity index (χ2n) is 4.48. The van der Waals surface area contributed by atoms with E-state index in [2.05, 4.69) is 24.1 Å². The van der Waals surface area contributed by atoms with E-state index >= 15 is 0 Å². The third-order valence-electron chi connectivity index (χ3n) is 3.26. The average molecular weight is 248 g/mol. The molecule has 0 aliphatic rings. The molecule has 1 rings (SSSR count). The topological polar surface area (TPSA) is 32.3 Å². The molecule has 18 heavy (non-hydrogen) atoms. The van der Waals surface area contributed by atoms with Gasteiger partial charge in [-0.2, -0.15) is 0 Å². The fraction of sp³-hybridized carbons (Fsp3) is 0.533. The molecule has 0 spiro atoms. The van der Waals surface area contributed by atoms with E-state index in [0.717, 1.165) is 31.7 Å². The Morgan fingerprint density at radius 3 is 2.50 bits per heavy atom. The zero-order valence-corrected chi connectivity index (χ0v) is 11.7. The first-order valence-electron chi connectivity index (χ1n) is 6.71. The van der Waals surface area contributed by atoms with E-state index in [1.54, 1.807) is 0 Å². The lowest BCUT2D eigenvalue weighted by molar-refractivity contribution is -0.120. The molecule has 3 nitrogen and oxygen atoms in total. The molecule has 0 aliphatic carbocycles. The van der Waals surface area contributed by atoms with Gasteiger partial charge in [0.15, 0.2) is 0 Å². The fourth-order valence-electron chi connectivity index (χ4n) is 1.94. The van der Waals surface area contributed by atoms with Crippen LogP contribution >= 0.6 is 0 Å². The van der Waals surface area contributed by atoms with Crippen molar-refractivity contribution in [3.63, 3.8) is 0 Å². The van der Waals surface area contributed by atoms with Crippen molar-refractivity contribution in [1.82, 2.24) is 10.2 Å². The molecule has 1 N–H and O–H groups in total. The second-order valence-corrected chi connectivity index (χ2v) is 4.48. The number of benzene rings is 1. The van der Waals surface area contributed by atoms with Crippen molar-refractivity contribution in [1.29, 1.82) is 0 Å². The molecule has 0 fully saturated rings. The third kappa shape index (κ3) is 4.88. The SMILES string of the molecule is CCN(CC)CCNC(=O)Cc1ccccc1C. The Morgan fingerprint density at radius 2 is 1.89 bits per heavy atom. The van der Waals surface area contributed by atoms with Crippen LogP contribution < -0.4 is 5.32 Å². The molecule has 0 unspecified atom stereocenters. The highest BCUT2D eigenvalue weighted by molar-refractivity contribution is 5.78. The lowest BCUT2D eigenvalue weighted by Crippen LogP contribution is -2.35. The summed E-state index contributed by atoms with van der Waals surface area (Å²) in [7, 11) is 0. The van der Waals surface area contributed by atoms with Gasteiger partial charge in [-0.05, 0) is 31.1 Å². The molecule has 1 amide bonds. The van der Waals surface area contributed by atoms with Gasteiger partial charge in [-0.1, -0.05) is 38.1 Å². The molecule has 1 aromatic rings. The molecule has 0 saturated heterocycles. The Labute approximate surface area is 110 Å². The van der Waals surface area contributed by atoms with Gasteiger partial charge in [-0.3, -0.25) is 4.79 Å². The van der Waals surface area contributed by atoms with Crippen LogP contribution in [0.1, 0.15) is 25.0 Å². The number of carbonyl (C=O) groups excluding carboxylic acids is 1. The van der Waals surface area contributed by atoms with Crippen LogP contribution in [-0.2, 0) is 11.2 Å². The zero-order valence-electron chi connectivity index (χ0n) is 11.7. The number of aryl methyl sites for hydroxylation is 1. The predicted molar refractivity (Wildman–Crippen MR) is 75.7 cm³/mol. The van der Waals surface area contributed by atoms with Crippen LogP contribution in [0.4, 0.5) is 0 Å². The first-order chi connectivity index (χ1) is 8.67.